The van der Waals surface area contributed by atoms with E-state index in [1.807, 2.05) is 31.3 Å². The smallest absolute Gasteiger partial charge is 0.119 e. The van der Waals surface area contributed by atoms with Gasteiger partial charge in [-0.15, -0.1) is 0 Å². The van der Waals surface area contributed by atoms with Crippen molar-refractivity contribution in [1.82, 2.24) is 5.32 Å². The predicted octanol–water partition coefficient (Wildman–Crippen LogP) is 4.03. The van der Waals surface area contributed by atoms with Gasteiger partial charge in [0.1, 0.15) is 11.9 Å². The van der Waals surface area contributed by atoms with Crippen LogP contribution in [0.5, 0.6) is 5.75 Å². The third-order valence-corrected chi connectivity index (χ3v) is 3.93. The summed E-state index contributed by atoms with van der Waals surface area (Å²) in [7, 11) is 2.03. The van der Waals surface area contributed by atoms with Gasteiger partial charge in [0, 0.05) is 11.1 Å². The molecule has 2 atom stereocenters. The van der Waals surface area contributed by atoms with Crippen LogP contribution in [0.2, 0.25) is 5.02 Å². The number of hydrogen-bond acceptors (Lipinski definition) is 2. The second kappa shape index (κ2) is 7.01. The fourth-order valence-electron chi connectivity index (χ4n) is 2.61. The highest BCUT2D eigenvalue weighted by Gasteiger charge is 2.22. The highest BCUT2D eigenvalue weighted by molar-refractivity contribution is 6.30. The standard InChI is InChI=1S/C15H22ClNO/c1-17-14-6-4-2-3-5-7-15(14)18-13-10-8-12(16)9-11-13/h8-11,14-15,17H,2-7H2,1H3. The molecule has 2 nitrogen and oxygen atoms in total. The summed E-state index contributed by atoms with van der Waals surface area (Å²) in [4.78, 5) is 0. The quantitative estimate of drug-likeness (QED) is 0.893. The van der Waals surface area contributed by atoms with E-state index in [0.29, 0.717) is 6.04 Å². The molecule has 1 saturated carbocycles. The lowest BCUT2D eigenvalue weighted by molar-refractivity contribution is 0.131. The Kier molecular flexibility index (Phi) is 5.33. The average molecular weight is 268 g/mol. The molecule has 3 heteroatoms. The maximum absolute atomic E-state index is 6.13. The van der Waals surface area contributed by atoms with E-state index in [1.165, 1.54) is 32.1 Å². The molecule has 0 aliphatic heterocycles. The third kappa shape index (κ3) is 3.89. The molecule has 0 aromatic heterocycles. The Morgan fingerprint density at radius 3 is 2.39 bits per heavy atom. The van der Waals surface area contributed by atoms with E-state index >= 15 is 0 Å². The number of hydrogen-bond donors (Lipinski definition) is 1. The van der Waals surface area contributed by atoms with Gasteiger partial charge in [0.2, 0.25) is 0 Å². The van der Waals surface area contributed by atoms with Gasteiger partial charge in [0.25, 0.3) is 0 Å². The van der Waals surface area contributed by atoms with Crippen molar-refractivity contribution in [3.05, 3.63) is 29.3 Å². The van der Waals surface area contributed by atoms with Crippen LogP contribution in [0.3, 0.4) is 0 Å². The molecule has 1 aliphatic rings. The van der Waals surface area contributed by atoms with Gasteiger partial charge in [0.15, 0.2) is 0 Å². The van der Waals surface area contributed by atoms with Crippen LogP contribution in [0.25, 0.3) is 0 Å². The molecule has 100 valence electrons. The largest absolute Gasteiger partial charge is 0.489 e. The van der Waals surface area contributed by atoms with Crippen molar-refractivity contribution in [3.8, 4) is 5.75 Å². The third-order valence-electron chi connectivity index (χ3n) is 3.67. The lowest BCUT2D eigenvalue weighted by atomic mass is 9.94. The van der Waals surface area contributed by atoms with Gasteiger partial charge in [-0.1, -0.05) is 30.9 Å². The fraction of sp³-hybridized carbons (Fsp3) is 0.600. The molecule has 2 unspecified atom stereocenters. The Labute approximate surface area is 115 Å². The Balaban J connectivity index is 2.00. The molecule has 1 aromatic rings. The summed E-state index contributed by atoms with van der Waals surface area (Å²) < 4.78 is 6.13. The predicted molar refractivity (Wildman–Crippen MR) is 76.4 cm³/mol. The number of benzene rings is 1. The topological polar surface area (TPSA) is 21.3 Å². The molecule has 0 spiro atoms. The minimum atomic E-state index is 0.275. The van der Waals surface area contributed by atoms with Gasteiger partial charge in [-0.05, 0) is 50.6 Å². The highest BCUT2D eigenvalue weighted by atomic mass is 35.5. The first kappa shape index (κ1) is 13.7. The maximum Gasteiger partial charge on any atom is 0.119 e. The molecule has 0 heterocycles. The Bertz CT molecular complexity index is 352. The van der Waals surface area contributed by atoms with Crippen molar-refractivity contribution in [1.29, 1.82) is 0 Å². The summed E-state index contributed by atoms with van der Waals surface area (Å²) in [5.74, 6) is 0.922. The summed E-state index contributed by atoms with van der Waals surface area (Å²) in [6.45, 7) is 0. The van der Waals surface area contributed by atoms with Crippen LogP contribution < -0.4 is 10.1 Å². The molecule has 0 saturated heterocycles. The van der Waals surface area contributed by atoms with Gasteiger partial charge < -0.3 is 10.1 Å². The van der Waals surface area contributed by atoms with E-state index in [2.05, 4.69) is 5.32 Å². The monoisotopic (exact) mass is 267 g/mol. The van der Waals surface area contributed by atoms with Crippen molar-refractivity contribution in [2.75, 3.05) is 7.05 Å². The minimum absolute atomic E-state index is 0.275. The number of likely N-dealkylation sites (N-methyl/N-ethyl adjacent to an activating group) is 1. The number of nitrogens with one attached hydrogen (secondary N) is 1. The van der Waals surface area contributed by atoms with Crippen LogP contribution in [0.15, 0.2) is 24.3 Å². The summed E-state index contributed by atoms with van der Waals surface area (Å²) in [5, 5.41) is 4.16. The van der Waals surface area contributed by atoms with E-state index in [0.717, 1.165) is 17.2 Å². The van der Waals surface area contributed by atoms with E-state index in [9.17, 15) is 0 Å². The SMILES string of the molecule is CNC1CCCCCCC1Oc1ccc(Cl)cc1. The van der Waals surface area contributed by atoms with E-state index < -0.39 is 0 Å². The molecule has 0 radical (unpaired) electrons. The lowest BCUT2D eigenvalue weighted by Gasteiger charge is -2.29. The van der Waals surface area contributed by atoms with Crippen LogP contribution in [0.1, 0.15) is 38.5 Å². The molecule has 2 rings (SSSR count). The molecule has 1 aliphatic carbocycles. The Morgan fingerprint density at radius 1 is 1.06 bits per heavy atom. The van der Waals surface area contributed by atoms with Crippen molar-refractivity contribution < 1.29 is 4.74 Å². The second-order valence-corrected chi connectivity index (χ2v) is 5.43. The van der Waals surface area contributed by atoms with E-state index in [1.54, 1.807) is 0 Å². The normalized spacial score (nSPS) is 25.2. The van der Waals surface area contributed by atoms with Crippen molar-refractivity contribution in [2.24, 2.45) is 0 Å². The van der Waals surface area contributed by atoms with Crippen LogP contribution in [0, 0.1) is 0 Å². The van der Waals surface area contributed by atoms with Crippen molar-refractivity contribution in [2.45, 2.75) is 50.7 Å². The lowest BCUT2D eigenvalue weighted by Crippen LogP contribution is -2.41. The van der Waals surface area contributed by atoms with Gasteiger partial charge in [0.05, 0.1) is 0 Å². The van der Waals surface area contributed by atoms with Gasteiger partial charge >= 0.3 is 0 Å². The van der Waals surface area contributed by atoms with E-state index in [-0.39, 0.29) is 6.10 Å². The fourth-order valence-corrected chi connectivity index (χ4v) is 2.74. The zero-order chi connectivity index (χ0) is 12.8. The first-order valence-corrected chi connectivity index (χ1v) is 7.27. The summed E-state index contributed by atoms with van der Waals surface area (Å²) in [5.41, 5.74) is 0. The number of halogens is 1. The van der Waals surface area contributed by atoms with Gasteiger partial charge in [-0.2, -0.15) is 0 Å². The molecular formula is C15H22ClNO. The summed E-state index contributed by atoms with van der Waals surface area (Å²) >= 11 is 5.89. The maximum atomic E-state index is 6.13. The number of rotatable bonds is 3. The first-order valence-electron chi connectivity index (χ1n) is 6.89. The van der Waals surface area contributed by atoms with Gasteiger partial charge in [-0.25, -0.2) is 0 Å². The van der Waals surface area contributed by atoms with Crippen molar-refractivity contribution >= 4 is 11.6 Å². The molecular weight excluding hydrogens is 246 g/mol. The average Bonchev–Trinajstić information content (AvgIpc) is 2.36. The van der Waals surface area contributed by atoms with Crippen molar-refractivity contribution in [3.63, 3.8) is 0 Å². The van der Waals surface area contributed by atoms with E-state index in [4.69, 9.17) is 16.3 Å². The first-order chi connectivity index (χ1) is 8.79. The number of ether oxygens (including phenoxy) is 1. The molecule has 1 aromatic carbocycles. The second-order valence-electron chi connectivity index (χ2n) is 5.00. The van der Waals surface area contributed by atoms with Crippen LogP contribution in [-0.4, -0.2) is 19.2 Å². The summed E-state index contributed by atoms with van der Waals surface area (Å²) in [6.07, 6.45) is 7.85. The summed E-state index contributed by atoms with van der Waals surface area (Å²) in [6, 6.07) is 8.13. The molecule has 1 N–H and O–H groups in total. The molecule has 0 bridgehead atoms. The molecule has 18 heavy (non-hydrogen) atoms. The minimum Gasteiger partial charge on any atom is -0.489 e. The van der Waals surface area contributed by atoms with Crippen LogP contribution in [0.4, 0.5) is 0 Å². The Morgan fingerprint density at radius 2 is 1.72 bits per heavy atom. The molecule has 0 amide bonds. The van der Waals surface area contributed by atoms with Crippen LogP contribution >= 0.6 is 11.6 Å². The zero-order valence-corrected chi connectivity index (χ0v) is 11.7. The van der Waals surface area contributed by atoms with Gasteiger partial charge in [-0.3, -0.25) is 0 Å². The zero-order valence-electron chi connectivity index (χ0n) is 11.0. The van der Waals surface area contributed by atoms with Crippen LogP contribution in [-0.2, 0) is 0 Å². The highest BCUT2D eigenvalue weighted by Crippen LogP contribution is 2.23. The Hall–Kier alpha value is -0.730. The molecule has 1 fully saturated rings.